The Bertz CT molecular complexity index is 579. The molecule has 4 heteroatoms. The predicted octanol–water partition coefficient (Wildman–Crippen LogP) is 3.53. The molecular formula is C17H23N3O. The highest BCUT2D eigenvalue weighted by molar-refractivity contribution is 5.58. The maximum atomic E-state index is 5.16. The molecule has 1 heterocycles. The van der Waals surface area contributed by atoms with E-state index in [0.717, 1.165) is 29.3 Å². The Morgan fingerprint density at radius 3 is 2.43 bits per heavy atom. The third-order valence-electron chi connectivity index (χ3n) is 3.18. The van der Waals surface area contributed by atoms with E-state index in [2.05, 4.69) is 53.4 Å². The topological polar surface area (TPSA) is 47.0 Å². The number of ether oxygens (including phenoxy) is 1. The van der Waals surface area contributed by atoms with Gasteiger partial charge < -0.3 is 10.1 Å². The molecule has 1 aromatic carbocycles. The third-order valence-corrected chi connectivity index (χ3v) is 3.18. The third kappa shape index (κ3) is 4.26. The van der Waals surface area contributed by atoms with E-state index in [1.165, 1.54) is 5.56 Å². The quantitative estimate of drug-likeness (QED) is 0.882. The summed E-state index contributed by atoms with van der Waals surface area (Å²) in [7, 11) is 3.52. The first kappa shape index (κ1) is 15.4. The molecule has 0 bridgehead atoms. The fourth-order valence-electron chi connectivity index (χ4n) is 2.24. The first-order chi connectivity index (χ1) is 10.1. The summed E-state index contributed by atoms with van der Waals surface area (Å²) in [5, 5.41) is 3.07. The van der Waals surface area contributed by atoms with E-state index in [4.69, 9.17) is 4.74 Å². The summed E-state index contributed by atoms with van der Waals surface area (Å²) >= 11 is 0. The molecule has 21 heavy (non-hydrogen) atoms. The summed E-state index contributed by atoms with van der Waals surface area (Å²) in [5.74, 6) is 2.19. The van der Waals surface area contributed by atoms with Crippen molar-refractivity contribution in [2.75, 3.05) is 19.5 Å². The number of nitrogens with zero attached hydrogens (tertiary/aromatic N) is 2. The van der Waals surface area contributed by atoms with Gasteiger partial charge in [0.1, 0.15) is 5.82 Å². The molecule has 4 nitrogen and oxygen atoms in total. The number of nitrogens with one attached hydrogen (secondary N) is 1. The van der Waals surface area contributed by atoms with Crippen LogP contribution < -0.4 is 5.32 Å². The van der Waals surface area contributed by atoms with E-state index < -0.39 is 0 Å². The molecule has 0 fully saturated rings. The number of hydrogen-bond acceptors (Lipinski definition) is 4. The highest BCUT2D eigenvalue weighted by Gasteiger charge is 2.07. The second-order valence-corrected chi connectivity index (χ2v) is 5.55. The molecule has 0 aliphatic rings. The standard InChI is InChI=1S/C17H23N3O/c1-12(2)9-13-5-7-14(8-6-13)17-19-15(11-21-4)10-16(18-3)20-17/h5-8,10,12H,9,11H2,1-4H3,(H,18,19,20). The van der Waals surface area contributed by atoms with E-state index in [0.29, 0.717) is 12.5 Å². The van der Waals surface area contributed by atoms with Gasteiger partial charge in [-0.3, -0.25) is 0 Å². The summed E-state index contributed by atoms with van der Waals surface area (Å²) in [6.07, 6.45) is 1.09. The highest BCUT2D eigenvalue weighted by atomic mass is 16.5. The maximum absolute atomic E-state index is 5.16. The number of aromatic nitrogens is 2. The van der Waals surface area contributed by atoms with Gasteiger partial charge in [0.2, 0.25) is 0 Å². The number of rotatable bonds is 6. The monoisotopic (exact) mass is 285 g/mol. The zero-order valence-electron chi connectivity index (χ0n) is 13.2. The van der Waals surface area contributed by atoms with Crippen molar-refractivity contribution in [3.05, 3.63) is 41.6 Å². The van der Waals surface area contributed by atoms with Crippen LogP contribution in [-0.2, 0) is 17.8 Å². The van der Waals surface area contributed by atoms with Crippen molar-refractivity contribution in [1.82, 2.24) is 9.97 Å². The van der Waals surface area contributed by atoms with Gasteiger partial charge >= 0.3 is 0 Å². The van der Waals surface area contributed by atoms with E-state index in [1.807, 2.05) is 13.1 Å². The van der Waals surface area contributed by atoms with Crippen molar-refractivity contribution in [3.63, 3.8) is 0 Å². The first-order valence-electron chi connectivity index (χ1n) is 7.26. The average molecular weight is 285 g/mol. The van der Waals surface area contributed by atoms with Crippen molar-refractivity contribution < 1.29 is 4.74 Å². The van der Waals surface area contributed by atoms with Gasteiger partial charge in [-0.2, -0.15) is 0 Å². The summed E-state index contributed by atoms with van der Waals surface area (Å²) in [6, 6.07) is 10.4. The fraction of sp³-hybridized carbons (Fsp3) is 0.412. The minimum absolute atomic E-state index is 0.482. The second-order valence-electron chi connectivity index (χ2n) is 5.55. The zero-order chi connectivity index (χ0) is 15.2. The second kappa shape index (κ2) is 7.18. The number of methoxy groups -OCH3 is 1. The zero-order valence-corrected chi connectivity index (χ0v) is 13.2. The van der Waals surface area contributed by atoms with Crippen LogP contribution in [0.25, 0.3) is 11.4 Å². The summed E-state index contributed by atoms with van der Waals surface area (Å²) in [6.45, 7) is 4.94. The molecule has 0 unspecified atom stereocenters. The molecule has 2 rings (SSSR count). The van der Waals surface area contributed by atoms with E-state index in [-0.39, 0.29) is 0 Å². The van der Waals surface area contributed by atoms with Crippen LogP contribution in [0.15, 0.2) is 30.3 Å². The van der Waals surface area contributed by atoms with Crippen molar-refractivity contribution in [2.45, 2.75) is 26.9 Å². The van der Waals surface area contributed by atoms with Crippen LogP contribution in [0.2, 0.25) is 0 Å². The SMILES string of the molecule is CNc1cc(COC)nc(-c2ccc(CC(C)C)cc2)n1. The lowest BCUT2D eigenvalue weighted by Gasteiger charge is -2.09. The van der Waals surface area contributed by atoms with Gasteiger partial charge in [0.05, 0.1) is 12.3 Å². The lowest BCUT2D eigenvalue weighted by Crippen LogP contribution is -2.02. The minimum atomic E-state index is 0.482. The molecule has 1 aromatic heterocycles. The van der Waals surface area contributed by atoms with Crippen LogP contribution in [0, 0.1) is 5.92 Å². The number of anilines is 1. The van der Waals surface area contributed by atoms with Crippen molar-refractivity contribution >= 4 is 5.82 Å². The van der Waals surface area contributed by atoms with Gasteiger partial charge in [-0.05, 0) is 17.9 Å². The normalized spacial score (nSPS) is 10.9. The van der Waals surface area contributed by atoms with E-state index >= 15 is 0 Å². The van der Waals surface area contributed by atoms with E-state index in [9.17, 15) is 0 Å². The lowest BCUT2D eigenvalue weighted by atomic mass is 10.0. The summed E-state index contributed by atoms with van der Waals surface area (Å²) in [4.78, 5) is 9.07. The van der Waals surface area contributed by atoms with Crippen LogP contribution in [0.3, 0.4) is 0 Å². The molecule has 0 amide bonds. The Hall–Kier alpha value is -1.94. The molecule has 0 radical (unpaired) electrons. The van der Waals surface area contributed by atoms with Gasteiger partial charge in [0, 0.05) is 25.8 Å². The summed E-state index contributed by atoms with van der Waals surface area (Å²) in [5.41, 5.74) is 3.24. The lowest BCUT2D eigenvalue weighted by molar-refractivity contribution is 0.181. The molecule has 1 N–H and O–H groups in total. The van der Waals surface area contributed by atoms with Crippen LogP contribution in [0.4, 0.5) is 5.82 Å². The van der Waals surface area contributed by atoms with E-state index in [1.54, 1.807) is 7.11 Å². The Morgan fingerprint density at radius 2 is 1.86 bits per heavy atom. The van der Waals surface area contributed by atoms with Gasteiger partial charge in [0.15, 0.2) is 5.82 Å². The smallest absolute Gasteiger partial charge is 0.161 e. The molecule has 0 atom stereocenters. The van der Waals surface area contributed by atoms with Gasteiger partial charge in [-0.15, -0.1) is 0 Å². The molecule has 112 valence electrons. The van der Waals surface area contributed by atoms with Crippen molar-refractivity contribution in [1.29, 1.82) is 0 Å². The Kier molecular flexibility index (Phi) is 5.28. The Balaban J connectivity index is 2.29. The van der Waals surface area contributed by atoms with Crippen LogP contribution in [0.1, 0.15) is 25.1 Å². The molecule has 2 aromatic rings. The molecule has 0 aliphatic carbocycles. The molecule has 0 saturated heterocycles. The first-order valence-corrected chi connectivity index (χ1v) is 7.26. The average Bonchev–Trinajstić information content (AvgIpc) is 2.47. The predicted molar refractivity (Wildman–Crippen MR) is 86.3 cm³/mol. The Labute approximate surface area is 126 Å². The molecular weight excluding hydrogens is 262 g/mol. The molecule has 0 spiro atoms. The van der Waals surface area contributed by atoms with Crippen molar-refractivity contribution in [3.8, 4) is 11.4 Å². The Morgan fingerprint density at radius 1 is 1.14 bits per heavy atom. The van der Waals surface area contributed by atoms with Crippen molar-refractivity contribution in [2.24, 2.45) is 5.92 Å². The minimum Gasteiger partial charge on any atom is -0.378 e. The van der Waals surface area contributed by atoms with Gasteiger partial charge in [-0.1, -0.05) is 38.1 Å². The maximum Gasteiger partial charge on any atom is 0.161 e. The fourth-order valence-corrected chi connectivity index (χ4v) is 2.24. The van der Waals surface area contributed by atoms with Crippen LogP contribution in [-0.4, -0.2) is 24.1 Å². The summed E-state index contributed by atoms with van der Waals surface area (Å²) < 4.78 is 5.16. The van der Waals surface area contributed by atoms with Crippen LogP contribution in [0.5, 0.6) is 0 Å². The molecule has 0 aliphatic heterocycles. The number of benzene rings is 1. The number of hydrogen-bond donors (Lipinski definition) is 1. The largest absolute Gasteiger partial charge is 0.378 e. The van der Waals surface area contributed by atoms with Crippen LogP contribution >= 0.6 is 0 Å². The van der Waals surface area contributed by atoms with Gasteiger partial charge in [-0.25, -0.2) is 9.97 Å². The molecule has 0 saturated carbocycles. The van der Waals surface area contributed by atoms with Gasteiger partial charge in [0.25, 0.3) is 0 Å². The highest BCUT2D eigenvalue weighted by Crippen LogP contribution is 2.20.